The molecule has 162 valence electrons. The maximum absolute atomic E-state index is 12.7. The second kappa shape index (κ2) is 9.47. The zero-order chi connectivity index (χ0) is 22.5. The van der Waals surface area contributed by atoms with E-state index in [9.17, 15) is 14.4 Å². The van der Waals surface area contributed by atoms with Gasteiger partial charge in [-0.05, 0) is 54.4 Å². The van der Waals surface area contributed by atoms with Crippen LogP contribution in [0.4, 0.5) is 17.1 Å². The van der Waals surface area contributed by atoms with E-state index in [2.05, 4.69) is 17.6 Å². The lowest BCUT2D eigenvalue weighted by atomic mass is 10.1. The van der Waals surface area contributed by atoms with Crippen molar-refractivity contribution < 1.29 is 14.4 Å². The third kappa shape index (κ3) is 4.86. The quantitative estimate of drug-likeness (QED) is 0.608. The Kier molecular flexibility index (Phi) is 6.31. The first kappa shape index (κ1) is 21.3. The number of nitrogens with zero attached hydrogens (tertiary/aromatic N) is 1. The summed E-state index contributed by atoms with van der Waals surface area (Å²) in [6, 6.07) is 23.8. The predicted molar refractivity (Wildman–Crippen MR) is 126 cm³/mol. The van der Waals surface area contributed by atoms with E-state index in [0.29, 0.717) is 16.9 Å². The van der Waals surface area contributed by atoms with E-state index < -0.39 is 5.92 Å². The minimum Gasteiger partial charge on any atom is -0.326 e. The Labute approximate surface area is 187 Å². The van der Waals surface area contributed by atoms with Crippen LogP contribution in [-0.4, -0.2) is 24.3 Å². The van der Waals surface area contributed by atoms with Gasteiger partial charge < -0.3 is 15.5 Å². The summed E-state index contributed by atoms with van der Waals surface area (Å²) in [5.74, 6) is -1.01. The monoisotopic (exact) mass is 427 g/mol. The molecule has 1 aliphatic heterocycles. The Hall–Kier alpha value is -3.93. The highest BCUT2D eigenvalue weighted by Gasteiger charge is 2.35. The molecule has 0 unspecified atom stereocenters. The molecule has 2 N–H and O–H groups in total. The van der Waals surface area contributed by atoms with Crippen molar-refractivity contribution in [2.24, 2.45) is 5.92 Å². The summed E-state index contributed by atoms with van der Waals surface area (Å²) in [7, 11) is 0. The Balaban J connectivity index is 1.42. The van der Waals surface area contributed by atoms with E-state index in [0.717, 1.165) is 12.1 Å². The molecule has 6 nitrogen and oxygen atoms in total. The van der Waals surface area contributed by atoms with Crippen LogP contribution in [0.25, 0.3) is 0 Å². The van der Waals surface area contributed by atoms with Crippen LogP contribution in [0.15, 0.2) is 78.9 Å². The van der Waals surface area contributed by atoms with E-state index in [4.69, 9.17) is 0 Å². The van der Waals surface area contributed by atoms with Crippen LogP contribution in [0, 0.1) is 5.92 Å². The van der Waals surface area contributed by atoms with Crippen LogP contribution >= 0.6 is 0 Å². The van der Waals surface area contributed by atoms with Gasteiger partial charge in [0.05, 0.1) is 5.92 Å². The van der Waals surface area contributed by atoms with Gasteiger partial charge in [-0.15, -0.1) is 0 Å². The Morgan fingerprint density at radius 1 is 0.906 bits per heavy atom. The molecule has 0 spiro atoms. The van der Waals surface area contributed by atoms with E-state index in [-0.39, 0.29) is 30.7 Å². The van der Waals surface area contributed by atoms with Crippen molar-refractivity contribution in [1.29, 1.82) is 0 Å². The van der Waals surface area contributed by atoms with Gasteiger partial charge in [0.15, 0.2) is 0 Å². The zero-order valence-corrected chi connectivity index (χ0v) is 17.9. The minimum atomic E-state index is -0.449. The molecule has 1 fully saturated rings. The average molecular weight is 428 g/mol. The fraction of sp³-hybridized carbons (Fsp3) is 0.192. The first-order valence-electron chi connectivity index (χ1n) is 10.7. The van der Waals surface area contributed by atoms with E-state index >= 15 is 0 Å². The molecule has 4 rings (SSSR count). The Morgan fingerprint density at radius 2 is 1.62 bits per heavy atom. The summed E-state index contributed by atoms with van der Waals surface area (Å²) in [6.07, 6.45) is 1.07. The number of hydrogen-bond acceptors (Lipinski definition) is 3. The van der Waals surface area contributed by atoms with Gasteiger partial charge in [0.2, 0.25) is 11.8 Å². The van der Waals surface area contributed by atoms with Crippen molar-refractivity contribution in [2.75, 3.05) is 22.1 Å². The van der Waals surface area contributed by atoms with E-state index in [1.54, 1.807) is 29.2 Å². The number of hydrogen-bond donors (Lipinski definition) is 2. The number of anilines is 3. The molecule has 1 aliphatic rings. The lowest BCUT2D eigenvalue weighted by molar-refractivity contribution is -0.122. The summed E-state index contributed by atoms with van der Waals surface area (Å²) < 4.78 is 0. The molecule has 0 bridgehead atoms. The maximum Gasteiger partial charge on any atom is 0.255 e. The maximum atomic E-state index is 12.7. The molecule has 6 heteroatoms. The van der Waals surface area contributed by atoms with Crippen LogP contribution in [0.3, 0.4) is 0 Å². The molecule has 3 amide bonds. The fourth-order valence-corrected chi connectivity index (χ4v) is 3.74. The van der Waals surface area contributed by atoms with Gasteiger partial charge in [-0.2, -0.15) is 0 Å². The second-order valence-electron chi connectivity index (χ2n) is 7.82. The van der Waals surface area contributed by atoms with Crippen molar-refractivity contribution in [1.82, 2.24) is 0 Å². The topological polar surface area (TPSA) is 78.5 Å². The molecule has 1 saturated heterocycles. The minimum absolute atomic E-state index is 0.132. The van der Waals surface area contributed by atoms with Crippen molar-refractivity contribution >= 4 is 34.8 Å². The molecule has 3 aromatic carbocycles. The van der Waals surface area contributed by atoms with Gasteiger partial charge in [-0.3, -0.25) is 14.4 Å². The molecular weight excluding hydrogens is 402 g/mol. The molecule has 0 radical (unpaired) electrons. The number of para-hydroxylation sites is 1. The molecule has 0 saturated carbocycles. The number of amides is 3. The number of rotatable bonds is 6. The number of nitrogens with one attached hydrogen (secondary N) is 2. The standard InChI is InChI=1S/C26H25N3O3/c1-2-18-11-13-22(14-12-18)28-26(32)20-16-24(30)29(17-20)23-10-6-7-19(15-23)25(31)27-21-8-4-3-5-9-21/h3-15,20H,2,16-17H2,1H3,(H,27,31)(H,28,32)/t20-/m1/s1. The number of carbonyl (C=O) groups is 3. The summed E-state index contributed by atoms with van der Waals surface area (Å²) in [4.78, 5) is 39.5. The van der Waals surface area contributed by atoms with Gasteiger partial charge in [0.25, 0.3) is 5.91 Å². The highest BCUT2D eigenvalue weighted by Crippen LogP contribution is 2.27. The fourth-order valence-electron chi connectivity index (χ4n) is 3.74. The van der Waals surface area contributed by atoms with Gasteiger partial charge >= 0.3 is 0 Å². The van der Waals surface area contributed by atoms with Gasteiger partial charge in [0, 0.05) is 35.6 Å². The van der Waals surface area contributed by atoms with Gasteiger partial charge in [-0.1, -0.05) is 43.3 Å². The molecule has 1 heterocycles. The molecule has 32 heavy (non-hydrogen) atoms. The second-order valence-corrected chi connectivity index (χ2v) is 7.82. The molecule has 0 aliphatic carbocycles. The van der Waals surface area contributed by atoms with Gasteiger partial charge in [-0.25, -0.2) is 0 Å². The van der Waals surface area contributed by atoms with Crippen LogP contribution < -0.4 is 15.5 Å². The molecule has 0 aromatic heterocycles. The van der Waals surface area contributed by atoms with Crippen LogP contribution in [0.2, 0.25) is 0 Å². The van der Waals surface area contributed by atoms with Gasteiger partial charge in [0.1, 0.15) is 0 Å². The number of aryl methyl sites for hydroxylation is 1. The van der Waals surface area contributed by atoms with Crippen LogP contribution in [0.1, 0.15) is 29.3 Å². The lowest BCUT2D eigenvalue weighted by Gasteiger charge is -2.18. The van der Waals surface area contributed by atoms with Crippen molar-refractivity contribution in [3.8, 4) is 0 Å². The summed E-state index contributed by atoms with van der Waals surface area (Å²) in [6.45, 7) is 2.36. The first-order valence-corrected chi connectivity index (χ1v) is 10.7. The largest absolute Gasteiger partial charge is 0.326 e. The molecular formula is C26H25N3O3. The van der Waals surface area contributed by atoms with Crippen molar-refractivity contribution in [2.45, 2.75) is 19.8 Å². The molecule has 3 aromatic rings. The smallest absolute Gasteiger partial charge is 0.255 e. The number of carbonyl (C=O) groups excluding carboxylic acids is 3. The van der Waals surface area contributed by atoms with E-state index in [1.165, 1.54) is 5.56 Å². The average Bonchev–Trinajstić information content (AvgIpc) is 3.22. The third-order valence-corrected chi connectivity index (χ3v) is 5.58. The number of benzene rings is 3. The lowest BCUT2D eigenvalue weighted by Crippen LogP contribution is -2.28. The normalized spacial score (nSPS) is 15.5. The summed E-state index contributed by atoms with van der Waals surface area (Å²) in [5.41, 5.74) is 3.67. The predicted octanol–water partition coefficient (Wildman–Crippen LogP) is 4.49. The van der Waals surface area contributed by atoms with Crippen LogP contribution in [-0.2, 0) is 16.0 Å². The summed E-state index contributed by atoms with van der Waals surface area (Å²) in [5, 5.41) is 5.75. The van der Waals surface area contributed by atoms with Crippen molar-refractivity contribution in [3.63, 3.8) is 0 Å². The van der Waals surface area contributed by atoms with E-state index in [1.807, 2.05) is 54.6 Å². The summed E-state index contributed by atoms with van der Waals surface area (Å²) >= 11 is 0. The first-order chi connectivity index (χ1) is 15.5. The third-order valence-electron chi connectivity index (χ3n) is 5.58. The molecule has 1 atom stereocenters. The Bertz CT molecular complexity index is 1130. The highest BCUT2D eigenvalue weighted by molar-refractivity contribution is 6.07. The SMILES string of the molecule is CCc1ccc(NC(=O)[C@@H]2CC(=O)N(c3cccc(C(=O)Nc4ccccc4)c3)C2)cc1. The van der Waals surface area contributed by atoms with Crippen LogP contribution in [0.5, 0.6) is 0 Å². The highest BCUT2D eigenvalue weighted by atomic mass is 16.2. The Morgan fingerprint density at radius 3 is 2.34 bits per heavy atom. The van der Waals surface area contributed by atoms with Crippen molar-refractivity contribution in [3.05, 3.63) is 90.0 Å². The zero-order valence-electron chi connectivity index (χ0n) is 17.9.